The van der Waals surface area contributed by atoms with E-state index in [0.29, 0.717) is 11.3 Å². The van der Waals surface area contributed by atoms with Gasteiger partial charge in [-0.1, -0.05) is 24.3 Å². The summed E-state index contributed by atoms with van der Waals surface area (Å²) in [5, 5.41) is 12.5. The molecule has 0 aliphatic carbocycles. The van der Waals surface area contributed by atoms with Gasteiger partial charge in [0.05, 0.1) is 5.56 Å². The van der Waals surface area contributed by atoms with Gasteiger partial charge in [0, 0.05) is 0 Å². The van der Waals surface area contributed by atoms with E-state index < -0.39 is 0 Å². The lowest BCUT2D eigenvalue weighted by Crippen LogP contribution is -2.28. The van der Waals surface area contributed by atoms with E-state index in [-0.39, 0.29) is 0 Å². The van der Waals surface area contributed by atoms with E-state index in [0.717, 1.165) is 31.2 Å². The Morgan fingerprint density at radius 2 is 1.77 bits per heavy atom. The zero-order valence-corrected chi connectivity index (χ0v) is 12.6. The molecule has 1 N–H and O–H groups in total. The maximum atomic E-state index is 9.09. The Balaban J connectivity index is 1.65. The number of nitrogens with one attached hydrogen (secondary N) is 1. The number of nitriles is 1. The molecule has 0 unspecified atom stereocenters. The monoisotopic (exact) mass is 292 g/mol. The van der Waals surface area contributed by atoms with Crippen molar-refractivity contribution >= 4 is 0 Å². The van der Waals surface area contributed by atoms with Crippen LogP contribution in [-0.4, -0.2) is 13.1 Å². The second kappa shape index (κ2) is 7.11. The molecule has 1 aliphatic rings. The molecule has 1 heterocycles. The molecule has 0 amide bonds. The molecule has 2 aromatic carbocycles. The summed E-state index contributed by atoms with van der Waals surface area (Å²) in [4.78, 5) is 0. The van der Waals surface area contributed by atoms with Crippen LogP contribution in [-0.2, 0) is 6.42 Å². The Labute approximate surface area is 131 Å². The van der Waals surface area contributed by atoms with Gasteiger partial charge in [-0.25, -0.2) is 0 Å². The molecule has 1 saturated heterocycles. The van der Waals surface area contributed by atoms with Crippen molar-refractivity contribution < 1.29 is 4.74 Å². The van der Waals surface area contributed by atoms with Crippen LogP contribution in [0.2, 0.25) is 0 Å². The summed E-state index contributed by atoms with van der Waals surface area (Å²) in [6.45, 7) is 2.27. The fourth-order valence-corrected chi connectivity index (χ4v) is 2.89. The smallest absolute Gasteiger partial charge is 0.145 e. The minimum Gasteiger partial charge on any atom is -0.456 e. The molecular formula is C19H20N2O. The number of para-hydroxylation sites is 1. The SMILES string of the molecule is N#Cc1ccccc1Oc1ccc(CC2CCNCC2)cc1. The van der Waals surface area contributed by atoms with E-state index in [9.17, 15) is 0 Å². The molecule has 0 saturated carbocycles. The summed E-state index contributed by atoms with van der Waals surface area (Å²) in [6, 6.07) is 17.7. The van der Waals surface area contributed by atoms with Crippen molar-refractivity contribution in [2.75, 3.05) is 13.1 Å². The van der Waals surface area contributed by atoms with Crippen LogP contribution in [0.5, 0.6) is 11.5 Å². The lowest BCUT2D eigenvalue weighted by atomic mass is 9.91. The maximum absolute atomic E-state index is 9.09. The lowest BCUT2D eigenvalue weighted by Gasteiger charge is -2.22. The first-order valence-corrected chi connectivity index (χ1v) is 7.82. The van der Waals surface area contributed by atoms with Crippen molar-refractivity contribution in [2.45, 2.75) is 19.3 Å². The Morgan fingerprint density at radius 1 is 1.05 bits per heavy atom. The van der Waals surface area contributed by atoms with Crippen molar-refractivity contribution in [2.24, 2.45) is 5.92 Å². The third kappa shape index (κ3) is 3.66. The molecule has 2 aromatic rings. The van der Waals surface area contributed by atoms with E-state index in [4.69, 9.17) is 10.00 Å². The molecule has 1 aliphatic heterocycles. The van der Waals surface area contributed by atoms with Crippen LogP contribution in [0.15, 0.2) is 48.5 Å². The molecule has 0 bridgehead atoms. The van der Waals surface area contributed by atoms with E-state index in [1.807, 2.05) is 30.3 Å². The maximum Gasteiger partial charge on any atom is 0.145 e. The highest BCUT2D eigenvalue weighted by Gasteiger charge is 2.13. The predicted molar refractivity (Wildman–Crippen MR) is 87.0 cm³/mol. The summed E-state index contributed by atoms with van der Waals surface area (Å²) in [6.07, 6.45) is 3.65. The molecule has 112 valence electrons. The average molecular weight is 292 g/mol. The molecule has 3 heteroatoms. The van der Waals surface area contributed by atoms with E-state index >= 15 is 0 Å². The highest BCUT2D eigenvalue weighted by Crippen LogP contribution is 2.26. The van der Waals surface area contributed by atoms with E-state index in [1.165, 1.54) is 18.4 Å². The van der Waals surface area contributed by atoms with Gasteiger partial charge in [-0.3, -0.25) is 0 Å². The fraction of sp³-hybridized carbons (Fsp3) is 0.316. The number of hydrogen-bond acceptors (Lipinski definition) is 3. The third-order valence-corrected chi connectivity index (χ3v) is 4.14. The van der Waals surface area contributed by atoms with Gasteiger partial charge in [0.25, 0.3) is 0 Å². The largest absolute Gasteiger partial charge is 0.456 e. The predicted octanol–water partition coefficient (Wildman–Crippen LogP) is 3.89. The number of benzene rings is 2. The molecule has 0 atom stereocenters. The molecule has 0 spiro atoms. The second-order valence-corrected chi connectivity index (χ2v) is 5.75. The van der Waals surface area contributed by atoms with Crippen molar-refractivity contribution in [3.63, 3.8) is 0 Å². The van der Waals surface area contributed by atoms with Gasteiger partial charge >= 0.3 is 0 Å². The quantitative estimate of drug-likeness (QED) is 0.929. The van der Waals surface area contributed by atoms with Crippen LogP contribution >= 0.6 is 0 Å². The number of nitrogens with zero attached hydrogens (tertiary/aromatic N) is 1. The lowest BCUT2D eigenvalue weighted by molar-refractivity contribution is 0.372. The summed E-state index contributed by atoms with van der Waals surface area (Å²) in [5.74, 6) is 2.17. The standard InChI is InChI=1S/C19H20N2O/c20-14-17-3-1-2-4-19(17)22-18-7-5-15(6-8-18)13-16-9-11-21-12-10-16/h1-8,16,21H,9-13H2. The second-order valence-electron chi connectivity index (χ2n) is 5.75. The summed E-state index contributed by atoms with van der Waals surface area (Å²) in [7, 11) is 0. The molecule has 3 rings (SSSR count). The van der Waals surface area contributed by atoms with E-state index in [1.54, 1.807) is 6.07 Å². The van der Waals surface area contributed by atoms with Crippen LogP contribution in [0, 0.1) is 17.2 Å². The molecule has 0 radical (unpaired) electrons. The van der Waals surface area contributed by atoms with Crippen LogP contribution in [0.25, 0.3) is 0 Å². The third-order valence-electron chi connectivity index (χ3n) is 4.14. The molecule has 1 fully saturated rings. The summed E-state index contributed by atoms with van der Waals surface area (Å²) in [5.41, 5.74) is 1.91. The topological polar surface area (TPSA) is 45.0 Å². The number of hydrogen-bond donors (Lipinski definition) is 1. The Hall–Kier alpha value is -2.31. The fourth-order valence-electron chi connectivity index (χ4n) is 2.89. The number of ether oxygens (including phenoxy) is 1. The molecule has 3 nitrogen and oxygen atoms in total. The summed E-state index contributed by atoms with van der Waals surface area (Å²) < 4.78 is 5.81. The van der Waals surface area contributed by atoms with Gasteiger partial charge in [-0.15, -0.1) is 0 Å². The Kier molecular flexibility index (Phi) is 4.72. The average Bonchev–Trinajstić information content (AvgIpc) is 2.58. The molecular weight excluding hydrogens is 272 g/mol. The first-order chi connectivity index (χ1) is 10.8. The zero-order chi connectivity index (χ0) is 15.2. The minimum atomic E-state index is 0.557. The first-order valence-electron chi connectivity index (χ1n) is 7.82. The van der Waals surface area contributed by atoms with Gasteiger partial charge in [-0.2, -0.15) is 5.26 Å². The van der Waals surface area contributed by atoms with Crippen molar-refractivity contribution in [1.82, 2.24) is 5.32 Å². The van der Waals surface area contributed by atoms with Crippen molar-refractivity contribution in [3.05, 3.63) is 59.7 Å². The van der Waals surface area contributed by atoms with Crippen LogP contribution in [0.3, 0.4) is 0 Å². The highest BCUT2D eigenvalue weighted by atomic mass is 16.5. The van der Waals surface area contributed by atoms with Gasteiger partial charge in [0.2, 0.25) is 0 Å². The molecule has 22 heavy (non-hydrogen) atoms. The van der Waals surface area contributed by atoms with Crippen molar-refractivity contribution in [3.8, 4) is 17.6 Å². The van der Waals surface area contributed by atoms with Gasteiger partial charge in [-0.05, 0) is 68.1 Å². The normalized spacial score (nSPS) is 15.2. The van der Waals surface area contributed by atoms with Gasteiger partial charge in [0.15, 0.2) is 0 Å². The number of piperidine rings is 1. The Morgan fingerprint density at radius 3 is 2.50 bits per heavy atom. The van der Waals surface area contributed by atoms with Crippen LogP contribution in [0.4, 0.5) is 0 Å². The first kappa shape index (κ1) is 14.6. The van der Waals surface area contributed by atoms with Crippen LogP contribution in [0.1, 0.15) is 24.0 Å². The van der Waals surface area contributed by atoms with Gasteiger partial charge in [0.1, 0.15) is 17.6 Å². The zero-order valence-electron chi connectivity index (χ0n) is 12.6. The highest BCUT2D eigenvalue weighted by molar-refractivity contribution is 5.45. The van der Waals surface area contributed by atoms with Crippen molar-refractivity contribution in [1.29, 1.82) is 5.26 Å². The van der Waals surface area contributed by atoms with E-state index in [2.05, 4.69) is 23.5 Å². The van der Waals surface area contributed by atoms with Crippen LogP contribution < -0.4 is 10.1 Å². The molecule has 0 aromatic heterocycles. The number of rotatable bonds is 4. The minimum absolute atomic E-state index is 0.557. The summed E-state index contributed by atoms with van der Waals surface area (Å²) >= 11 is 0. The van der Waals surface area contributed by atoms with Gasteiger partial charge < -0.3 is 10.1 Å². The Bertz CT molecular complexity index is 652.